The van der Waals surface area contributed by atoms with Gasteiger partial charge in [-0.25, -0.2) is 0 Å². The molecule has 29 heavy (non-hydrogen) atoms. The number of hydrogen-bond donors (Lipinski definition) is 1. The number of benzene rings is 2. The second kappa shape index (κ2) is 9.16. The van der Waals surface area contributed by atoms with Gasteiger partial charge < -0.3 is 20.1 Å². The number of amides is 1. The van der Waals surface area contributed by atoms with Crippen LogP contribution in [-0.4, -0.2) is 44.2 Å². The Kier molecular flexibility index (Phi) is 6.83. The first-order chi connectivity index (χ1) is 13.6. The third-order valence-corrected chi connectivity index (χ3v) is 6.05. The van der Waals surface area contributed by atoms with Crippen LogP contribution in [0.1, 0.15) is 39.9 Å². The van der Waals surface area contributed by atoms with Gasteiger partial charge in [-0.05, 0) is 73.2 Å². The fourth-order valence-electron chi connectivity index (χ4n) is 4.43. The average Bonchev–Trinajstić information content (AvgIpc) is 2.74. The molecular formula is C23H29ClN2O3. The summed E-state index contributed by atoms with van der Waals surface area (Å²) >= 11 is 0. The summed E-state index contributed by atoms with van der Waals surface area (Å²) in [6, 6.07) is 14.1. The molecule has 2 aromatic carbocycles. The van der Waals surface area contributed by atoms with Crippen LogP contribution in [0.4, 0.5) is 0 Å². The standard InChI is InChI=1S/C23H28N2O3.ClH/c1-27-20-6-7-21-19(16-20)9-15-28-23(21)10-13-25(14-11-23)22(26)18-4-2-17(3-5-18)8-12-24;/h2-7,16H,8-15,24H2,1H3;1H. The molecule has 1 amide bonds. The number of likely N-dealkylation sites (tertiary alicyclic amines) is 1. The minimum Gasteiger partial charge on any atom is -0.497 e. The van der Waals surface area contributed by atoms with E-state index in [1.165, 1.54) is 16.7 Å². The number of fused-ring (bicyclic) bond motifs is 2. The molecule has 0 unspecified atom stereocenters. The van der Waals surface area contributed by atoms with E-state index in [1.54, 1.807) is 7.11 Å². The van der Waals surface area contributed by atoms with Crippen LogP contribution < -0.4 is 10.5 Å². The van der Waals surface area contributed by atoms with E-state index >= 15 is 0 Å². The number of halogens is 1. The van der Waals surface area contributed by atoms with Crippen molar-refractivity contribution in [2.45, 2.75) is 31.3 Å². The molecule has 0 atom stereocenters. The highest BCUT2D eigenvalue weighted by molar-refractivity contribution is 5.94. The van der Waals surface area contributed by atoms with Crippen molar-refractivity contribution in [3.63, 3.8) is 0 Å². The maximum Gasteiger partial charge on any atom is 0.253 e. The van der Waals surface area contributed by atoms with Gasteiger partial charge >= 0.3 is 0 Å². The predicted molar refractivity (Wildman–Crippen MR) is 116 cm³/mol. The quantitative estimate of drug-likeness (QED) is 0.830. The predicted octanol–water partition coefficient (Wildman–Crippen LogP) is 3.32. The molecule has 2 heterocycles. The van der Waals surface area contributed by atoms with Crippen molar-refractivity contribution < 1.29 is 14.3 Å². The Morgan fingerprint density at radius 1 is 1.17 bits per heavy atom. The summed E-state index contributed by atoms with van der Waals surface area (Å²) < 4.78 is 11.7. The molecule has 2 N–H and O–H groups in total. The summed E-state index contributed by atoms with van der Waals surface area (Å²) in [6.07, 6.45) is 3.39. The third kappa shape index (κ3) is 4.27. The zero-order valence-electron chi connectivity index (χ0n) is 16.9. The Bertz CT molecular complexity index is 846. The van der Waals surface area contributed by atoms with Crippen LogP contribution in [0.5, 0.6) is 5.75 Å². The number of carbonyl (C=O) groups is 1. The van der Waals surface area contributed by atoms with Crippen molar-refractivity contribution in [1.82, 2.24) is 4.90 Å². The van der Waals surface area contributed by atoms with Gasteiger partial charge in [0.25, 0.3) is 5.91 Å². The fourth-order valence-corrected chi connectivity index (χ4v) is 4.43. The van der Waals surface area contributed by atoms with Crippen LogP contribution in [0.2, 0.25) is 0 Å². The number of ether oxygens (including phenoxy) is 2. The monoisotopic (exact) mass is 416 g/mol. The molecule has 2 aromatic rings. The highest BCUT2D eigenvalue weighted by Gasteiger charge is 2.41. The van der Waals surface area contributed by atoms with Crippen molar-refractivity contribution in [3.8, 4) is 5.75 Å². The third-order valence-electron chi connectivity index (χ3n) is 6.05. The number of carbonyl (C=O) groups excluding carboxylic acids is 1. The van der Waals surface area contributed by atoms with Gasteiger partial charge in [0.05, 0.1) is 19.3 Å². The molecule has 0 saturated carbocycles. The van der Waals surface area contributed by atoms with Gasteiger partial charge in [0.2, 0.25) is 0 Å². The van der Waals surface area contributed by atoms with E-state index in [-0.39, 0.29) is 23.9 Å². The molecule has 0 radical (unpaired) electrons. The van der Waals surface area contributed by atoms with Crippen LogP contribution in [0, 0.1) is 0 Å². The number of nitrogens with two attached hydrogens (primary N) is 1. The van der Waals surface area contributed by atoms with Crippen LogP contribution in [-0.2, 0) is 23.2 Å². The molecule has 156 valence electrons. The summed E-state index contributed by atoms with van der Waals surface area (Å²) in [5, 5.41) is 0. The van der Waals surface area contributed by atoms with Crippen molar-refractivity contribution in [3.05, 3.63) is 64.7 Å². The lowest BCUT2D eigenvalue weighted by atomic mass is 9.79. The number of hydrogen-bond acceptors (Lipinski definition) is 4. The highest BCUT2D eigenvalue weighted by atomic mass is 35.5. The first kappa shape index (κ1) is 21.6. The normalized spacial score (nSPS) is 17.4. The zero-order chi connectivity index (χ0) is 19.6. The Balaban J connectivity index is 0.00000240. The van der Waals surface area contributed by atoms with E-state index in [0.29, 0.717) is 19.6 Å². The van der Waals surface area contributed by atoms with E-state index in [0.717, 1.165) is 43.6 Å². The van der Waals surface area contributed by atoms with Gasteiger partial charge in [0.1, 0.15) is 5.75 Å². The summed E-state index contributed by atoms with van der Waals surface area (Å²) in [5.41, 5.74) is 9.80. The minimum absolute atomic E-state index is 0. The first-order valence-corrected chi connectivity index (χ1v) is 10.0. The molecule has 2 aliphatic rings. The summed E-state index contributed by atoms with van der Waals surface area (Å²) in [5.74, 6) is 0.987. The lowest BCUT2D eigenvalue weighted by Crippen LogP contribution is -2.48. The van der Waals surface area contributed by atoms with Crippen LogP contribution in [0.25, 0.3) is 0 Å². The average molecular weight is 417 g/mol. The molecule has 1 fully saturated rings. The Morgan fingerprint density at radius 3 is 2.55 bits per heavy atom. The molecule has 0 aliphatic carbocycles. The van der Waals surface area contributed by atoms with Crippen LogP contribution in [0.15, 0.2) is 42.5 Å². The van der Waals surface area contributed by atoms with Crippen LogP contribution in [0.3, 0.4) is 0 Å². The number of rotatable bonds is 4. The van der Waals surface area contributed by atoms with Gasteiger partial charge in [-0.15, -0.1) is 12.4 Å². The van der Waals surface area contributed by atoms with Gasteiger partial charge in [0, 0.05) is 18.7 Å². The van der Waals surface area contributed by atoms with Gasteiger partial charge in [-0.3, -0.25) is 4.79 Å². The number of methoxy groups -OCH3 is 1. The Labute approximate surface area is 178 Å². The van der Waals surface area contributed by atoms with Gasteiger partial charge in [0.15, 0.2) is 0 Å². The topological polar surface area (TPSA) is 64.8 Å². The molecular weight excluding hydrogens is 388 g/mol. The first-order valence-electron chi connectivity index (χ1n) is 10.0. The zero-order valence-corrected chi connectivity index (χ0v) is 17.7. The van der Waals surface area contributed by atoms with E-state index in [4.69, 9.17) is 15.2 Å². The van der Waals surface area contributed by atoms with Crippen molar-refractivity contribution in [2.75, 3.05) is 33.4 Å². The maximum atomic E-state index is 12.9. The second-order valence-corrected chi connectivity index (χ2v) is 7.64. The molecule has 0 bridgehead atoms. The minimum atomic E-state index is -0.276. The summed E-state index contributed by atoms with van der Waals surface area (Å²) in [7, 11) is 1.70. The van der Waals surface area contributed by atoms with Crippen molar-refractivity contribution >= 4 is 18.3 Å². The summed E-state index contributed by atoms with van der Waals surface area (Å²) in [6.45, 7) is 2.75. The van der Waals surface area contributed by atoms with Crippen LogP contribution >= 0.6 is 12.4 Å². The molecule has 1 saturated heterocycles. The number of piperidine rings is 1. The Hall–Kier alpha value is -2.08. The van der Waals surface area contributed by atoms with E-state index in [2.05, 4.69) is 12.1 Å². The molecule has 2 aliphatic heterocycles. The second-order valence-electron chi connectivity index (χ2n) is 7.64. The largest absolute Gasteiger partial charge is 0.497 e. The highest BCUT2D eigenvalue weighted by Crippen LogP contribution is 2.42. The molecule has 5 nitrogen and oxygen atoms in total. The lowest BCUT2D eigenvalue weighted by Gasteiger charge is -2.45. The van der Waals surface area contributed by atoms with Gasteiger partial charge in [-0.2, -0.15) is 0 Å². The lowest BCUT2D eigenvalue weighted by molar-refractivity contribution is -0.0935. The smallest absolute Gasteiger partial charge is 0.253 e. The van der Waals surface area contributed by atoms with Crippen molar-refractivity contribution in [2.24, 2.45) is 5.73 Å². The van der Waals surface area contributed by atoms with Crippen molar-refractivity contribution in [1.29, 1.82) is 0 Å². The number of nitrogens with zero attached hydrogens (tertiary/aromatic N) is 1. The van der Waals surface area contributed by atoms with Gasteiger partial charge in [-0.1, -0.05) is 18.2 Å². The van der Waals surface area contributed by atoms with E-state index in [9.17, 15) is 4.79 Å². The maximum absolute atomic E-state index is 12.9. The van der Waals surface area contributed by atoms with E-state index < -0.39 is 0 Å². The Morgan fingerprint density at radius 2 is 1.90 bits per heavy atom. The fraction of sp³-hybridized carbons (Fsp3) is 0.435. The molecule has 1 spiro atoms. The molecule has 6 heteroatoms. The van der Waals surface area contributed by atoms with E-state index in [1.807, 2.05) is 35.2 Å². The summed E-state index contributed by atoms with van der Waals surface area (Å²) in [4.78, 5) is 14.9. The molecule has 4 rings (SSSR count). The SMILES string of the molecule is COc1ccc2c(c1)CCOC21CCN(C(=O)c2ccc(CCN)cc2)CC1.Cl. The molecule has 0 aromatic heterocycles.